The minimum absolute atomic E-state index is 0.00583. The zero-order valence-electron chi connectivity index (χ0n) is 77.3. The zero-order chi connectivity index (χ0) is 97.1. The summed E-state index contributed by atoms with van der Waals surface area (Å²) in [5, 5.41) is 154. The number of likely N-dealkylation sites (tertiary alicyclic amines) is 1. The van der Waals surface area contributed by atoms with Crippen molar-refractivity contribution in [1.82, 2.24) is 63.4 Å². The summed E-state index contributed by atoms with van der Waals surface area (Å²) in [6.07, 6.45) is -15.9. The number of amides is 12. The fourth-order valence-corrected chi connectivity index (χ4v) is 16.7. The molecule has 0 aromatic heterocycles. The van der Waals surface area contributed by atoms with E-state index in [2.05, 4.69) is 58.5 Å². The molecule has 754 valence electrons. The molecule has 23 N–H and O–H groups in total. The van der Waals surface area contributed by atoms with Crippen LogP contribution in [-0.2, 0) is 100 Å². The summed E-state index contributed by atoms with van der Waals surface area (Å²) in [5.41, 5.74) is -1.18. The summed E-state index contributed by atoms with van der Waals surface area (Å²) in [6.45, 7) is 11.4. The van der Waals surface area contributed by atoms with E-state index >= 15 is 0 Å². The Balaban J connectivity index is 1.29. The van der Waals surface area contributed by atoms with E-state index in [4.69, 9.17) is 42.6 Å². The van der Waals surface area contributed by atoms with Crippen molar-refractivity contribution in [2.75, 3.05) is 99.3 Å². The first-order valence-corrected chi connectivity index (χ1v) is 46.0. The second-order valence-corrected chi connectivity index (χ2v) is 36.1. The molecule has 5 rings (SSSR count). The molecular weight excluding hydrogens is 1730 g/mol. The van der Waals surface area contributed by atoms with Crippen molar-refractivity contribution < 1.29 is 161 Å². The van der Waals surface area contributed by atoms with Gasteiger partial charge in [-0.25, -0.2) is 0 Å². The second-order valence-electron chi connectivity index (χ2n) is 36.1. The van der Waals surface area contributed by atoms with Gasteiger partial charge in [-0.1, -0.05) is 27.7 Å². The Morgan fingerprint density at radius 1 is 0.382 bits per heavy atom. The first-order valence-electron chi connectivity index (χ1n) is 46.0. The van der Waals surface area contributed by atoms with Crippen LogP contribution in [0.25, 0.3) is 0 Å². The molecule has 23 unspecified atom stereocenters. The van der Waals surface area contributed by atoms with Crippen molar-refractivity contribution in [3.63, 3.8) is 0 Å². The SMILES string of the molecule is COC[C@@H]1CCCN1C(=O)CC(C)(C)CC(C)(C)CNC(=O)C(CCCCNC(=O)C(CCCCNC(=O)CCCCOC1OC(CO)C(O)C(O)C1NC(C)=O)NC(=O)CCCCOC1OC(CO)C(O)C(O)C1NC(C)=O)NC(=O)C(CCCCNC(=O)CCCCOC1OC(CO)C(O)C(O)C1NC(C)=O)NC(=O)CCCCOC1OC(CO)C(O)C(O)C1NC(C)=O. The minimum atomic E-state index is -1.57. The van der Waals surface area contributed by atoms with E-state index in [-0.39, 0.29) is 173 Å². The van der Waals surface area contributed by atoms with E-state index in [9.17, 15) is 119 Å². The number of ether oxygens (including phenoxy) is 9. The smallest absolute Gasteiger partial charge is 0.243 e. The van der Waals surface area contributed by atoms with Crippen molar-refractivity contribution in [3.8, 4) is 0 Å². The Morgan fingerprint density at radius 2 is 0.695 bits per heavy atom. The number of methoxy groups -OCH3 is 1. The highest BCUT2D eigenvalue weighted by Crippen LogP contribution is 2.38. The third kappa shape index (κ3) is 40.3. The van der Waals surface area contributed by atoms with Gasteiger partial charge in [0.2, 0.25) is 70.9 Å². The Bertz CT molecular complexity index is 3490. The Kier molecular flexibility index (Phi) is 52.0. The van der Waals surface area contributed by atoms with E-state index in [0.29, 0.717) is 64.5 Å². The summed E-state index contributed by atoms with van der Waals surface area (Å²) in [5.74, 6) is -5.78. The molecule has 0 spiro atoms. The van der Waals surface area contributed by atoms with Crippen LogP contribution in [0.2, 0.25) is 0 Å². The topological polar surface area (TPSA) is 666 Å². The average Bonchev–Trinajstić information content (AvgIpc) is 1.56. The molecule has 5 aliphatic rings. The molecule has 0 radical (unpaired) electrons. The third-order valence-electron chi connectivity index (χ3n) is 23.3. The van der Waals surface area contributed by atoms with Gasteiger partial charge in [0.1, 0.15) is 116 Å². The monoisotopic (exact) mass is 1880 g/mol. The molecule has 45 nitrogen and oxygen atoms in total. The highest BCUT2D eigenvalue weighted by atomic mass is 16.7. The second kappa shape index (κ2) is 59.6. The minimum Gasteiger partial charge on any atom is -0.394 e. The van der Waals surface area contributed by atoms with Crippen molar-refractivity contribution in [2.24, 2.45) is 10.8 Å². The van der Waals surface area contributed by atoms with Crippen molar-refractivity contribution in [2.45, 2.75) is 363 Å². The van der Waals surface area contributed by atoms with Crippen molar-refractivity contribution in [3.05, 3.63) is 0 Å². The van der Waals surface area contributed by atoms with Gasteiger partial charge in [0.15, 0.2) is 25.2 Å². The average molecular weight is 1880 g/mol. The van der Waals surface area contributed by atoms with Gasteiger partial charge in [-0.15, -0.1) is 0 Å². The van der Waals surface area contributed by atoms with Crippen molar-refractivity contribution >= 4 is 70.9 Å². The van der Waals surface area contributed by atoms with Crippen LogP contribution in [0.1, 0.15) is 216 Å². The van der Waals surface area contributed by atoms with Crippen LogP contribution in [0.3, 0.4) is 0 Å². The molecule has 0 aromatic carbocycles. The van der Waals surface area contributed by atoms with E-state index in [1.807, 2.05) is 32.6 Å². The third-order valence-corrected chi connectivity index (χ3v) is 23.3. The molecule has 0 aromatic rings. The maximum Gasteiger partial charge on any atom is 0.243 e. The van der Waals surface area contributed by atoms with Gasteiger partial charge in [0, 0.05) is 126 Å². The molecule has 45 heteroatoms. The van der Waals surface area contributed by atoms with E-state index in [1.165, 1.54) is 27.7 Å². The number of nitrogens with zero attached hydrogens (tertiary/aromatic N) is 1. The zero-order valence-corrected chi connectivity index (χ0v) is 77.3. The Morgan fingerprint density at radius 3 is 1.02 bits per heavy atom. The van der Waals surface area contributed by atoms with Gasteiger partial charge >= 0.3 is 0 Å². The highest BCUT2D eigenvalue weighted by molar-refractivity contribution is 5.92. The Hall–Kier alpha value is -7.20. The summed E-state index contributed by atoms with van der Waals surface area (Å²) in [7, 11) is 1.59. The molecular formula is C86H152N12O33. The number of carbonyl (C=O) groups excluding carboxylic acids is 12. The number of aliphatic hydroxyl groups is 12. The molecule has 5 saturated heterocycles. The quantitative estimate of drug-likeness (QED) is 0.0253. The van der Waals surface area contributed by atoms with Crippen LogP contribution in [-0.4, -0.2) is 383 Å². The van der Waals surface area contributed by atoms with Gasteiger partial charge in [0.25, 0.3) is 0 Å². The molecule has 0 saturated carbocycles. The van der Waals surface area contributed by atoms with Crippen LogP contribution in [0.4, 0.5) is 0 Å². The fourth-order valence-electron chi connectivity index (χ4n) is 16.7. The number of hydrogen-bond acceptors (Lipinski definition) is 33. The number of aliphatic hydroxyl groups excluding tert-OH is 12. The molecule has 0 aliphatic carbocycles. The summed E-state index contributed by atoms with van der Waals surface area (Å²) >= 11 is 0. The summed E-state index contributed by atoms with van der Waals surface area (Å²) in [4.78, 5) is 161. The van der Waals surface area contributed by atoms with Gasteiger partial charge in [-0.05, 0) is 139 Å². The standard InChI is InChI=1S/C86H152N12O33/c1-49(103)91-66-74(116)70(112)57(42-99)128-81(66)124-37-20-13-29-61(107)87-33-17-10-26-54(95-63(109)31-15-22-39-126-83-68(93-51(3)105)76(118)72(114)59(44-101)130-83)78(120)89-35-19-12-27-55(79(121)90-48-86(7,8)47-85(5,6)41-65(111)98-36-24-25-53(98)46-123-9)97-80(122)56(96-64(110)32-16-23-40-127-84-69(94-52(4)106)77(119)73(115)60(45-102)131-84)28-11-18-34-88-62(108)30-14-21-38-125-82-67(92-50(2)104)75(117)71(113)58(43-100)129-82/h53-60,66-77,81-84,99-102,112-119H,10-48H2,1-9H3,(H,87,107)(H,88,108)(H,89,120)(H,90,121)(H,91,103)(H,92,104)(H,93,105)(H,94,106)(H,95,109)(H,96,110)(H,97,122)/t53-,54?,55?,56?,57?,58?,59?,60?,66?,67?,68?,69?,70?,71?,72?,73?,74?,75?,76?,77?,81?,82?,83?,84?/m0/s1. The lowest BCUT2D eigenvalue weighted by Gasteiger charge is -2.42. The van der Waals surface area contributed by atoms with Crippen molar-refractivity contribution in [1.29, 1.82) is 0 Å². The normalized spacial score (nSPS) is 27.6. The Labute approximate surface area is 765 Å². The van der Waals surface area contributed by atoms with Crippen LogP contribution < -0.4 is 58.5 Å². The van der Waals surface area contributed by atoms with Gasteiger partial charge in [-0.3, -0.25) is 57.5 Å². The van der Waals surface area contributed by atoms with Crippen LogP contribution in [0, 0.1) is 10.8 Å². The van der Waals surface area contributed by atoms with Gasteiger partial charge < -0.3 is 167 Å². The lowest BCUT2D eigenvalue weighted by atomic mass is 9.73. The van der Waals surface area contributed by atoms with Crippen LogP contribution in [0.15, 0.2) is 0 Å². The lowest BCUT2D eigenvalue weighted by molar-refractivity contribution is -0.270. The molecule has 5 heterocycles. The number of hydrogen-bond donors (Lipinski definition) is 23. The van der Waals surface area contributed by atoms with E-state index in [0.717, 1.165) is 12.8 Å². The molecule has 24 atom stereocenters. The van der Waals surface area contributed by atoms with Crippen LogP contribution in [0.5, 0.6) is 0 Å². The first kappa shape index (κ1) is 114. The highest BCUT2D eigenvalue weighted by Gasteiger charge is 2.50. The van der Waals surface area contributed by atoms with E-state index in [1.54, 1.807) is 7.11 Å². The fraction of sp³-hybridized carbons (Fsp3) is 0.860. The maximum atomic E-state index is 14.9. The largest absolute Gasteiger partial charge is 0.394 e. The van der Waals surface area contributed by atoms with Crippen LogP contribution >= 0.6 is 0 Å². The predicted octanol–water partition coefficient (Wildman–Crippen LogP) is -5.59. The number of carbonyl (C=O) groups is 12. The lowest BCUT2D eigenvalue weighted by Crippen LogP contribution is -2.64. The molecule has 131 heavy (non-hydrogen) atoms. The number of rotatable bonds is 61. The first-order chi connectivity index (χ1) is 62.2. The van der Waals surface area contributed by atoms with Gasteiger partial charge in [-0.2, -0.15) is 0 Å². The summed E-state index contributed by atoms with van der Waals surface area (Å²) in [6, 6.07) is -8.37. The predicted molar refractivity (Wildman–Crippen MR) is 463 cm³/mol. The molecule has 5 aliphatic heterocycles. The van der Waals surface area contributed by atoms with E-state index < -0.39 is 231 Å². The number of nitrogens with one attached hydrogen (secondary N) is 11. The summed E-state index contributed by atoms with van der Waals surface area (Å²) < 4.78 is 51.2. The molecule has 12 amide bonds. The number of unbranched alkanes of at least 4 members (excludes halogenated alkanes) is 7. The molecule has 5 fully saturated rings. The maximum absolute atomic E-state index is 14.9. The van der Waals surface area contributed by atoms with Gasteiger partial charge in [0.05, 0.1) is 39.1 Å². The molecule has 0 bridgehead atoms.